The standard InChI is InChI=1S/C22H20N6O4/c1-30-11-14-17(20-26-18-15(32-20)8-9-24-21(18)31-2)22(29)28-19(25-14)16(13(10-23)27-28)12-6-4-3-5-7-12/h3-9,13,16,19,25,27H,11H2,1-2H3. The van der Waals surface area contributed by atoms with E-state index in [1.165, 1.54) is 12.1 Å². The Hall–Kier alpha value is -3.94. The summed E-state index contributed by atoms with van der Waals surface area (Å²) in [6.45, 7) is 0.137. The molecule has 0 spiro atoms. The molecule has 162 valence electrons. The van der Waals surface area contributed by atoms with Crippen molar-refractivity contribution in [1.82, 2.24) is 25.7 Å². The molecule has 1 amide bonds. The summed E-state index contributed by atoms with van der Waals surface area (Å²) >= 11 is 0. The fourth-order valence-corrected chi connectivity index (χ4v) is 4.22. The van der Waals surface area contributed by atoms with Crippen LogP contribution in [-0.2, 0) is 9.53 Å². The Labute approximate surface area is 183 Å². The van der Waals surface area contributed by atoms with Crippen molar-refractivity contribution in [2.24, 2.45) is 0 Å². The molecule has 2 aromatic heterocycles. The largest absolute Gasteiger partial charge is 0.479 e. The van der Waals surface area contributed by atoms with Crippen molar-refractivity contribution in [3.63, 3.8) is 0 Å². The molecule has 1 saturated heterocycles. The number of hydrogen-bond acceptors (Lipinski definition) is 9. The first-order chi connectivity index (χ1) is 15.7. The minimum Gasteiger partial charge on any atom is -0.479 e. The van der Waals surface area contributed by atoms with E-state index >= 15 is 0 Å². The topological polar surface area (TPSA) is 126 Å². The highest BCUT2D eigenvalue weighted by atomic mass is 16.5. The Morgan fingerprint density at radius 2 is 2.06 bits per heavy atom. The SMILES string of the molecule is COCC1=C(c2nc3c(OC)nccc3o2)C(=O)N2NC(C#N)C(c3ccccc3)C2N1. The summed E-state index contributed by atoms with van der Waals surface area (Å²) in [5.41, 5.74) is 5.58. The molecule has 0 saturated carbocycles. The number of carbonyl (C=O) groups is 1. The zero-order valence-electron chi connectivity index (χ0n) is 17.4. The average Bonchev–Trinajstić information content (AvgIpc) is 3.41. The Kier molecular flexibility index (Phi) is 4.97. The van der Waals surface area contributed by atoms with Crippen LogP contribution in [0.1, 0.15) is 17.4 Å². The van der Waals surface area contributed by atoms with Crippen molar-refractivity contribution in [3.05, 3.63) is 59.7 Å². The van der Waals surface area contributed by atoms with E-state index in [0.29, 0.717) is 22.7 Å². The van der Waals surface area contributed by atoms with Crippen molar-refractivity contribution >= 4 is 22.6 Å². The lowest BCUT2D eigenvalue weighted by Gasteiger charge is -2.34. The molecule has 3 aromatic rings. The van der Waals surface area contributed by atoms with Crippen LogP contribution in [0.4, 0.5) is 0 Å². The van der Waals surface area contributed by atoms with Crippen LogP contribution in [0.2, 0.25) is 0 Å². The van der Waals surface area contributed by atoms with Crippen molar-refractivity contribution < 1.29 is 18.7 Å². The van der Waals surface area contributed by atoms with Gasteiger partial charge < -0.3 is 19.2 Å². The van der Waals surface area contributed by atoms with Gasteiger partial charge in [-0.05, 0) is 5.56 Å². The van der Waals surface area contributed by atoms with Gasteiger partial charge in [-0.1, -0.05) is 30.3 Å². The summed E-state index contributed by atoms with van der Waals surface area (Å²) in [6, 6.07) is 12.9. The maximum atomic E-state index is 13.6. The van der Waals surface area contributed by atoms with Gasteiger partial charge in [-0.3, -0.25) is 4.79 Å². The Bertz CT molecular complexity index is 1250. The van der Waals surface area contributed by atoms with Crippen molar-refractivity contribution in [2.75, 3.05) is 20.8 Å². The third kappa shape index (κ3) is 3.07. The van der Waals surface area contributed by atoms with Gasteiger partial charge in [0.15, 0.2) is 11.1 Å². The number of pyridine rings is 1. The van der Waals surface area contributed by atoms with E-state index in [-0.39, 0.29) is 29.9 Å². The highest BCUT2D eigenvalue weighted by molar-refractivity contribution is 6.20. The van der Waals surface area contributed by atoms with E-state index < -0.39 is 12.2 Å². The van der Waals surface area contributed by atoms with Gasteiger partial charge in [-0.25, -0.2) is 20.4 Å². The number of aromatic nitrogens is 2. The van der Waals surface area contributed by atoms with E-state index in [0.717, 1.165) is 5.56 Å². The van der Waals surface area contributed by atoms with E-state index in [1.54, 1.807) is 19.4 Å². The third-order valence-corrected chi connectivity index (χ3v) is 5.61. The molecule has 32 heavy (non-hydrogen) atoms. The van der Waals surface area contributed by atoms with Gasteiger partial charge in [0.05, 0.1) is 31.4 Å². The van der Waals surface area contributed by atoms with Crippen LogP contribution in [0, 0.1) is 11.3 Å². The number of benzene rings is 1. The molecule has 3 atom stereocenters. The quantitative estimate of drug-likeness (QED) is 0.617. The van der Waals surface area contributed by atoms with Crippen LogP contribution >= 0.6 is 0 Å². The molecule has 5 rings (SSSR count). The minimum atomic E-state index is -0.602. The van der Waals surface area contributed by atoms with Gasteiger partial charge in [0, 0.05) is 19.4 Å². The number of amides is 1. The fraction of sp³-hybridized carbons (Fsp3) is 0.273. The minimum absolute atomic E-state index is 0.118. The summed E-state index contributed by atoms with van der Waals surface area (Å²) in [5, 5.41) is 14.6. The van der Waals surface area contributed by atoms with Crippen molar-refractivity contribution in [2.45, 2.75) is 18.1 Å². The zero-order chi connectivity index (χ0) is 22.2. The molecule has 1 aromatic carbocycles. The molecule has 0 bridgehead atoms. The molecule has 2 aliphatic rings. The van der Waals surface area contributed by atoms with Crippen LogP contribution in [0.25, 0.3) is 16.7 Å². The van der Waals surface area contributed by atoms with Crippen LogP contribution < -0.4 is 15.5 Å². The lowest BCUT2D eigenvalue weighted by molar-refractivity contribution is -0.130. The predicted octanol–water partition coefficient (Wildman–Crippen LogP) is 1.54. The van der Waals surface area contributed by atoms with Gasteiger partial charge in [-0.15, -0.1) is 0 Å². The monoisotopic (exact) mass is 432 g/mol. The molecular formula is C22H20N6O4. The predicted molar refractivity (Wildman–Crippen MR) is 113 cm³/mol. The molecule has 0 aliphatic carbocycles. The highest BCUT2D eigenvalue weighted by Crippen LogP contribution is 2.37. The second-order valence-corrected chi connectivity index (χ2v) is 7.41. The van der Waals surface area contributed by atoms with Gasteiger partial charge >= 0.3 is 0 Å². The normalized spacial score (nSPS) is 22.6. The molecule has 2 aliphatic heterocycles. The second-order valence-electron chi connectivity index (χ2n) is 7.41. The van der Waals surface area contributed by atoms with Crippen LogP contribution in [0.15, 0.2) is 52.7 Å². The maximum Gasteiger partial charge on any atom is 0.277 e. The van der Waals surface area contributed by atoms with Crippen LogP contribution in [-0.4, -0.2) is 53.9 Å². The summed E-state index contributed by atoms with van der Waals surface area (Å²) in [5.74, 6) is -0.231. The number of oxazole rings is 1. The molecule has 10 heteroatoms. The first kappa shape index (κ1) is 20.0. The lowest BCUT2D eigenvalue weighted by Crippen LogP contribution is -2.55. The second kappa shape index (κ2) is 7.96. The maximum absolute atomic E-state index is 13.6. The number of carbonyl (C=O) groups excluding carboxylic acids is 1. The summed E-state index contributed by atoms with van der Waals surface area (Å²) in [7, 11) is 3.03. The summed E-state index contributed by atoms with van der Waals surface area (Å²) in [4.78, 5) is 22.2. The number of ether oxygens (including phenoxy) is 2. The number of nitrogens with one attached hydrogen (secondary N) is 2. The Morgan fingerprint density at radius 3 is 2.78 bits per heavy atom. The van der Waals surface area contributed by atoms with E-state index in [4.69, 9.17) is 13.9 Å². The van der Waals surface area contributed by atoms with Crippen molar-refractivity contribution in [3.8, 4) is 11.9 Å². The lowest BCUT2D eigenvalue weighted by atomic mass is 9.90. The van der Waals surface area contributed by atoms with Gasteiger partial charge in [0.25, 0.3) is 5.91 Å². The first-order valence-corrected chi connectivity index (χ1v) is 9.99. The molecule has 2 N–H and O–H groups in total. The molecule has 3 unspecified atom stereocenters. The van der Waals surface area contributed by atoms with E-state index in [9.17, 15) is 10.1 Å². The average molecular weight is 432 g/mol. The number of hydrazine groups is 1. The van der Waals surface area contributed by atoms with Gasteiger partial charge in [0.1, 0.15) is 17.8 Å². The van der Waals surface area contributed by atoms with Crippen molar-refractivity contribution in [1.29, 1.82) is 5.26 Å². The molecule has 0 radical (unpaired) electrons. The summed E-state index contributed by atoms with van der Waals surface area (Å²) < 4.78 is 16.5. The molecule has 1 fully saturated rings. The third-order valence-electron chi connectivity index (χ3n) is 5.61. The number of rotatable bonds is 5. The highest BCUT2D eigenvalue weighted by Gasteiger charge is 2.49. The summed E-state index contributed by atoms with van der Waals surface area (Å²) in [6.07, 6.45) is 1.06. The smallest absolute Gasteiger partial charge is 0.277 e. The number of nitriles is 1. The first-order valence-electron chi connectivity index (χ1n) is 9.99. The molecule has 4 heterocycles. The number of methoxy groups -OCH3 is 2. The Morgan fingerprint density at radius 1 is 1.25 bits per heavy atom. The van der Waals surface area contributed by atoms with Gasteiger partial charge in [-0.2, -0.15) is 5.26 Å². The fourth-order valence-electron chi connectivity index (χ4n) is 4.22. The zero-order valence-corrected chi connectivity index (χ0v) is 17.4. The van der Waals surface area contributed by atoms with Crippen LogP contribution in [0.5, 0.6) is 5.88 Å². The van der Waals surface area contributed by atoms with Gasteiger partial charge in [0.2, 0.25) is 11.8 Å². The van der Waals surface area contributed by atoms with E-state index in [1.807, 2.05) is 30.3 Å². The number of fused-ring (bicyclic) bond motifs is 2. The van der Waals surface area contributed by atoms with Crippen LogP contribution in [0.3, 0.4) is 0 Å². The number of hydrogen-bond donors (Lipinski definition) is 2. The van der Waals surface area contributed by atoms with E-state index in [2.05, 4.69) is 26.8 Å². The molecule has 10 nitrogen and oxygen atoms in total. The molecular weight excluding hydrogens is 412 g/mol. The Balaban J connectivity index is 1.61. The number of nitrogens with zero attached hydrogens (tertiary/aromatic N) is 4.